The van der Waals surface area contributed by atoms with Gasteiger partial charge in [-0.15, -0.1) is 0 Å². The number of nitro groups is 1. The van der Waals surface area contributed by atoms with Gasteiger partial charge in [0, 0.05) is 40.3 Å². The SMILES string of the molecule is Cc1ccc([N+](=O)[O-])cc1NCc1cc(=O)oc2cc(Br)ccc12. The van der Waals surface area contributed by atoms with Crippen molar-refractivity contribution in [1.82, 2.24) is 0 Å². The molecule has 0 amide bonds. The number of non-ortho nitro benzene ring substituents is 1. The van der Waals surface area contributed by atoms with Crippen LogP contribution in [0.1, 0.15) is 11.1 Å². The maximum Gasteiger partial charge on any atom is 0.336 e. The Hall–Kier alpha value is -2.67. The summed E-state index contributed by atoms with van der Waals surface area (Å²) >= 11 is 3.35. The van der Waals surface area contributed by atoms with Crippen LogP contribution in [0.5, 0.6) is 0 Å². The molecule has 0 saturated carbocycles. The highest BCUT2D eigenvalue weighted by molar-refractivity contribution is 9.10. The molecule has 7 heteroatoms. The van der Waals surface area contributed by atoms with Gasteiger partial charge >= 0.3 is 5.63 Å². The summed E-state index contributed by atoms with van der Waals surface area (Å²) < 4.78 is 6.02. The number of halogens is 1. The monoisotopic (exact) mass is 388 g/mol. The van der Waals surface area contributed by atoms with Gasteiger partial charge in [0.1, 0.15) is 5.58 Å². The molecule has 0 radical (unpaired) electrons. The molecule has 3 rings (SSSR count). The second kappa shape index (κ2) is 6.45. The number of aryl methyl sites for hydroxylation is 1. The molecule has 0 spiro atoms. The first-order valence-electron chi connectivity index (χ1n) is 7.15. The number of fused-ring (bicyclic) bond motifs is 1. The Balaban J connectivity index is 1.95. The summed E-state index contributed by atoms with van der Waals surface area (Å²) in [7, 11) is 0. The molecule has 0 saturated heterocycles. The van der Waals surface area contributed by atoms with Crippen molar-refractivity contribution in [2.75, 3.05) is 5.32 Å². The average Bonchev–Trinajstić information content (AvgIpc) is 2.52. The van der Waals surface area contributed by atoms with Gasteiger partial charge in [-0.2, -0.15) is 0 Å². The first-order valence-corrected chi connectivity index (χ1v) is 7.94. The lowest BCUT2D eigenvalue weighted by Gasteiger charge is -2.11. The van der Waals surface area contributed by atoms with E-state index in [1.807, 2.05) is 19.1 Å². The normalized spacial score (nSPS) is 10.8. The largest absolute Gasteiger partial charge is 0.423 e. The lowest BCUT2D eigenvalue weighted by atomic mass is 10.1. The predicted molar refractivity (Wildman–Crippen MR) is 95.3 cm³/mol. The van der Waals surface area contributed by atoms with Gasteiger partial charge < -0.3 is 9.73 Å². The molecule has 0 unspecified atom stereocenters. The summed E-state index contributed by atoms with van der Waals surface area (Å²) in [5.74, 6) is 0. The Morgan fingerprint density at radius 3 is 2.75 bits per heavy atom. The molecule has 0 aliphatic carbocycles. The summed E-state index contributed by atoms with van der Waals surface area (Å²) in [5.41, 5.74) is 2.38. The molecule has 6 nitrogen and oxygen atoms in total. The lowest BCUT2D eigenvalue weighted by molar-refractivity contribution is -0.384. The zero-order valence-electron chi connectivity index (χ0n) is 12.7. The zero-order valence-corrected chi connectivity index (χ0v) is 14.3. The molecule has 0 fully saturated rings. The summed E-state index contributed by atoms with van der Waals surface area (Å²) in [6.45, 7) is 2.21. The van der Waals surface area contributed by atoms with E-state index in [2.05, 4.69) is 21.2 Å². The van der Waals surface area contributed by atoms with E-state index in [0.717, 1.165) is 21.0 Å². The van der Waals surface area contributed by atoms with Crippen LogP contribution in [0.3, 0.4) is 0 Å². The van der Waals surface area contributed by atoms with Crippen molar-refractivity contribution in [3.05, 3.63) is 78.6 Å². The number of anilines is 1. The minimum Gasteiger partial charge on any atom is -0.423 e. The number of nitrogens with one attached hydrogen (secondary N) is 1. The van der Waals surface area contributed by atoms with E-state index in [9.17, 15) is 14.9 Å². The molecule has 3 aromatic rings. The Kier molecular flexibility index (Phi) is 4.35. The van der Waals surface area contributed by atoms with Crippen LogP contribution in [0.4, 0.5) is 11.4 Å². The second-order valence-corrected chi connectivity index (χ2v) is 6.26. The van der Waals surface area contributed by atoms with Gasteiger partial charge in [-0.3, -0.25) is 10.1 Å². The molecule has 0 aliphatic heterocycles. The number of benzene rings is 2. The van der Waals surface area contributed by atoms with Crippen LogP contribution in [0, 0.1) is 17.0 Å². The van der Waals surface area contributed by atoms with Crippen LogP contribution in [-0.4, -0.2) is 4.92 Å². The molecule has 1 aromatic heterocycles. The molecule has 0 bridgehead atoms. The number of hydrogen-bond acceptors (Lipinski definition) is 5. The van der Waals surface area contributed by atoms with Crippen molar-refractivity contribution >= 4 is 38.3 Å². The van der Waals surface area contributed by atoms with Crippen LogP contribution in [-0.2, 0) is 6.54 Å². The van der Waals surface area contributed by atoms with Crippen molar-refractivity contribution < 1.29 is 9.34 Å². The second-order valence-electron chi connectivity index (χ2n) is 5.34. The fraction of sp³-hybridized carbons (Fsp3) is 0.118. The van der Waals surface area contributed by atoms with Gasteiger partial charge in [0.25, 0.3) is 5.69 Å². The van der Waals surface area contributed by atoms with Crippen molar-refractivity contribution in [2.45, 2.75) is 13.5 Å². The fourth-order valence-electron chi connectivity index (χ4n) is 2.45. The summed E-state index contributed by atoms with van der Waals surface area (Å²) in [4.78, 5) is 22.2. The average molecular weight is 389 g/mol. The third-order valence-electron chi connectivity index (χ3n) is 3.69. The van der Waals surface area contributed by atoms with Gasteiger partial charge in [0.15, 0.2) is 0 Å². The first kappa shape index (κ1) is 16.2. The van der Waals surface area contributed by atoms with E-state index in [4.69, 9.17) is 4.42 Å². The Morgan fingerprint density at radius 2 is 2.00 bits per heavy atom. The van der Waals surface area contributed by atoms with E-state index < -0.39 is 10.5 Å². The number of hydrogen-bond donors (Lipinski definition) is 1. The highest BCUT2D eigenvalue weighted by atomic mass is 79.9. The van der Waals surface area contributed by atoms with Crippen LogP contribution < -0.4 is 10.9 Å². The van der Waals surface area contributed by atoms with E-state index in [0.29, 0.717) is 17.8 Å². The van der Waals surface area contributed by atoms with Crippen molar-refractivity contribution in [3.63, 3.8) is 0 Å². The maximum atomic E-state index is 11.7. The number of nitro benzene ring substituents is 1. The summed E-state index contributed by atoms with van der Waals surface area (Å²) in [6, 6.07) is 11.5. The van der Waals surface area contributed by atoms with Crippen LogP contribution in [0.25, 0.3) is 11.0 Å². The molecule has 2 aromatic carbocycles. The molecule has 1 N–H and O–H groups in total. The quantitative estimate of drug-likeness (QED) is 0.407. The highest BCUT2D eigenvalue weighted by Crippen LogP contribution is 2.25. The minimum atomic E-state index is -0.437. The topological polar surface area (TPSA) is 85.4 Å². The first-order chi connectivity index (χ1) is 11.4. The van der Waals surface area contributed by atoms with Gasteiger partial charge in [0.05, 0.1) is 4.92 Å². The summed E-state index contributed by atoms with van der Waals surface area (Å²) in [5, 5.41) is 14.9. The van der Waals surface area contributed by atoms with Crippen LogP contribution in [0.2, 0.25) is 0 Å². The molecular formula is C17H13BrN2O4. The Labute approximate surface area is 145 Å². The van der Waals surface area contributed by atoms with E-state index in [1.54, 1.807) is 12.1 Å². The molecule has 1 heterocycles. The lowest BCUT2D eigenvalue weighted by Crippen LogP contribution is -2.06. The fourth-order valence-corrected chi connectivity index (χ4v) is 2.79. The molecular weight excluding hydrogens is 376 g/mol. The molecule has 0 aliphatic rings. The maximum absolute atomic E-state index is 11.7. The Bertz CT molecular complexity index is 998. The predicted octanol–water partition coefficient (Wildman–Crippen LogP) is 4.38. The van der Waals surface area contributed by atoms with E-state index in [1.165, 1.54) is 18.2 Å². The third-order valence-corrected chi connectivity index (χ3v) is 4.19. The highest BCUT2D eigenvalue weighted by Gasteiger charge is 2.10. The van der Waals surface area contributed by atoms with Crippen LogP contribution in [0.15, 0.2) is 56.1 Å². The van der Waals surface area contributed by atoms with E-state index in [-0.39, 0.29) is 5.69 Å². The standard InChI is InChI=1S/C17H13BrN2O4/c1-10-2-4-13(20(22)23)8-15(10)19-9-11-6-17(21)24-16-7-12(18)3-5-14(11)16/h2-8,19H,9H2,1H3. The number of rotatable bonds is 4. The minimum absolute atomic E-state index is 0.0180. The smallest absolute Gasteiger partial charge is 0.336 e. The molecule has 24 heavy (non-hydrogen) atoms. The third kappa shape index (κ3) is 3.30. The number of nitrogens with zero attached hydrogens (tertiary/aromatic N) is 1. The van der Waals surface area contributed by atoms with Crippen molar-refractivity contribution in [3.8, 4) is 0 Å². The van der Waals surface area contributed by atoms with Gasteiger partial charge in [-0.25, -0.2) is 4.79 Å². The molecule has 122 valence electrons. The van der Waals surface area contributed by atoms with Crippen LogP contribution >= 0.6 is 15.9 Å². The van der Waals surface area contributed by atoms with Crippen molar-refractivity contribution in [1.29, 1.82) is 0 Å². The van der Waals surface area contributed by atoms with Gasteiger partial charge in [-0.05, 0) is 36.2 Å². The zero-order chi connectivity index (χ0) is 17.3. The molecule has 0 atom stereocenters. The van der Waals surface area contributed by atoms with Crippen molar-refractivity contribution in [2.24, 2.45) is 0 Å². The van der Waals surface area contributed by atoms with E-state index >= 15 is 0 Å². The van der Waals surface area contributed by atoms with Gasteiger partial charge in [0.2, 0.25) is 0 Å². The Morgan fingerprint density at radius 1 is 1.21 bits per heavy atom. The van der Waals surface area contributed by atoms with Gasteiger partial charge in [-0.1, -0.05) is 22.0 Å². The summed E-state index contributed by atoms with van der Waals surface area (Å²) in [6.07, 6.45) is 0.